The number of anilines is 1. The minimum absolute atomic E-state index is 0.0452. The highest BCUT2D eigenvalue weighted by Gasteiger charge is 2.17. The molecule has 234 valence electrons. The summed E-state index contributed by atoms with van der Waals surface area (Å²) in [7, 11) is 0. The molecule has 1 atom stereocenters. The van der Waals surface area contributed by atoms with Gasteiger partial charge in [-0.05, 0) is 49.9 Å². The van der Waals surface area contributed by atoms with Crippen molar-refractivity contribution in [2.24, 2.45) is 5.92 Å². The van der Waals surface area contributed by atoms with Crippen molar-refractivity contribution in [2.45, 2.75) is 117 Å². The van der Waals surface area contributed by atoms with Crippen molar-refractivity contribution in [3.63, 3.8) is 0 Å². The fourth-order valence-electron chi connectivity index (χ4n) is 4.32. The van der Waals surface area contributed by atoms with Crippen molar-refractivity contribution in [1.82, 2.24) is 15.6 Å². The molecule has 3 amide bonds. The summed E-state index contributed by atoms with van der Waals surface area (Å²) < 4.78 is 5.78. The number of amides is 3. The zero-order valence-corrected chi connectivity index (χ0v) is 26.0. The largest absolute Gasteiger partial charge is 0.494 e. The Balaban J connectivity index is 2.24. The van der Waals surface area contributed by atoms with E-state index in [0.29, 0.717) is 37.4 Å². The second-order valence-electron chi connectivity index (χ2n) is 11.3. The van der Waals surface area contributed by atoms with Gasteiger partial charge in [0.15, 0.2) is 0 Å². The summed E-state index contributed by atoms with van der Waals surface area (Å²) in [5.74, 6) is 0.333. The van der Waals surface area contributed by atoms with Gasteiger partial charge in [-0.3, -0.25) is 24.8 Å². The number of carbonyl (C=O) groups excluding carboxylic acids is 3. The van der Waals surface area contributed by atoms with E-state index >= 15 is 0 Å². The van der Waals surface area contributed by atoms with Crippen LogP contribution in [0.1, 0.15) is 111 Å². The summed E-state index contributed by atoms with van der Waals surface area (Å²) >= 11 is 0. The van der Waals surface area contributed by atoms with E-state index in [4.69, 9.17) is 4.74 Å². The van der Waals surface area contributed by atoms with Gasteiger partial charge in [-0.2, -0.15) is 0 Å². The van der Waals surface area contributed by atoms with Crippen LogP contribution in [0.2, 0.25) is 0 Å². The molecule has 0 aliphatic carbocycles. The fraction of sp³-hybridized carbons (Fsp3) is 0.719. The first kappa shape index (κ1) is 36.2. The molecule has 0 fully saturated rings. The number of hydrogen-bond acceptors (Lipinski definition) is 6. The molecule has 9 heteroatoms. The van der Waals surface area contributed by atoms with Crippen molar-refractivity contribution < 1.29 is 24.2 Å². The van der Waals surface area contributed by atoms with Crippen molar-refractivity contribution in [1.29, 1.82) is 0 Å². The molecule has 9 nitrogen and oxygen atoms in total. The molecule has 0 aliphatic rings. The summed E-state index contributed by atoms with van der Waals surface area (Å²) in [6.07, 6.45) is 13.1. The molecule has 0 aliphatic heterocycles. The predicted molar refractivity (Wildman–Crippen MR) is 166 cm³/mol. The van der Waals surface area contributed by atoms with Crippen LogP contribution in [0.15, 0.2) is 24.3 Å². The Hall–Kier alpha value is -2.81. The molecule has 0 radical (unpaired) electrons. The summed E-state index contributed by atoms with van der Waals surface area (Å²) in [5.41, 5.74) is 3.82. The number of unbranched alkanes of at least 4 members (excludes halogenated alkanes) is 9. The van der Waals surface area contributed by atoms with Gasteiger partial charge < -0.3 is 20.5 Å². The Morgan fingerprint density at radius 3 is 2.02 bits per heavy atom. The van der Waals surface area contributed by atoms with Gasteiger partial charge in [0.05, 0.1) is 31.4 Å². The lowest BCUT2D eigenvalue weighted by Gasteiger charge is -2.26. The lowest BCUT2D eigenvalue weighted by Crippen LogP contribution is -2.45. The van der Waals surface area contributed by atoms with Crippen LogP contribution in [0, 0.1) is 5.92 Å². The molecule has 1 rings (SSSR count). The van der Waals surface area contributed by atoms with Crippen LogP contribution in [-0.2, 0) is 14.4 Å². The first-order valence-electron chi connectivity index (χ1n) is 15.7. The van der Waals surface area contributed by atoms with E-state index in [0.717, 1.165) is 13.0 Å². The van der Waals surface area contributed by atoms with Gasteiger partial charge in [-0.25, -0.2) is 0 Å². The number of aliphatic hydroxyl groups excluding tert-OH is 1. The Labute approximate surface area is 248 Å². The molecule has 1 aromatic carbocycles. The highest BCUT2D eigenvalue weighted by Crippen LogP contribution is 2.17. The van der Waals surface area contributed by atoms with Crippen LogP contribution in [0.4, 0.5) is 5.69 Å². The summed E-state index contributed by atoms with van der Waals surface area (Å²) in [6.45, 7) is 9.28. The predicted octanol–water partition coefficient (Wildman–Crippen LogP) is 5.58. The second kappa shape index (κ2) is 22.8. The molecule has 4 N–H and O–H groups in total. The van der Waals surface area contributed by atoms with E-state index in [2.05, 4.69) is 23.0 Å². The molecule has 0 bridgehead atoms. The van der Waals surface area contributed by atoms with Crippen LogP contribution < -0.4 is 20.8 Å². The third-order valence-corrected chi connectivity index (χ3v) is 6.55. The minimum atomic E-state index is -0.757. The molecule has 1 aromatic rings. The van der Waals surface area contributed by atoms with Crippen molar-refractivity contribution >= 4 is 23.4 Å². The molecular weight excluding hydrogens is 520 g/mol. The molecule has 41 heavy (non-hydrogen) atoms. The normalized spacial score (nSPS) is 11.7. The number of aliphatic hydroxyl groups is 1. The minimum Gasteiger partial charge on any atom is -0.494 e. The molecular formula is C32H56N4O5. The Kier molecular flexibility index (Phi) is 20.2. The van der Waals surface area contributed by atoms with Crippen LogP contribution >= 0.6 is 0 Å². The zero-order chi connectivity index (χ0) is 30.3. The van der Waals surface area contributed by atoms with Gasteiger partial charge in [0.1, 0.15) is 5.75 Å². The molecule has 0 spiro atoms. The van der Waals surface area contributed by atoms with Crippen molar-refractivity contribution in [3.8, 4) is 5.75 Å². The van der Waals surface area contributed by atoms with E-state index in [9.17, 15) is 19.5 Å². The van der Waals surface area contributed by atoms with Crippen molar-refractivity contribution in [3.05, 3.63) is 24.3 Å². The van der Waals surface area contributed by atoms with Crippen molar-refractivity contribution in [2.75, 3.05) is 31.7 Å². The van der Waals surface area contributed by atoms with Gasteiger partial charge in [0, 0.05) is 19.5 Å². The Morgan fingerprint density at radius 1 is 0.829 bits per heavy atom. The first-order chi connectivity index (χ1) is 19.7. The molecule has 0 saturated heterocycles. The number of benzene rings is 1. The summed E-state index contributed by atoms with van der Waals surface area (Å²) in [5, 5.41) is 16.4. The van der Waals surface area contributed by atoms with Gasteiger partial charge in [0.2, 0.25) is 11.8 Å². The number of ether oxygens (including phenoxy) is 1. The number of nitrogens with zero attached hydrogens (tertiary/aromatic N) is 1. The maximum atomic E-state index is 12.7. The number of hydrazine groups is 1. The van der Waals surface area contributed by atoms with E-state index in [1.54, 1.807) is 0 Å². The highest BCUT2D eigenvalue weighted by molar-refractivity contribution is 5.85. The van der Waals surface area contributed by atoms with E-state index in [1.807, 2.05) is 38.1 Å². The quantitative estimate of drug-likeness (QED) is 0.0942. The monoisotopic (exact) mass is 576 g/mol. The zero-order valence-electron chi connectivity index (χ0n) is 26.0. The third kappa shape index (κ3) is 19.8. The maximum Gasteiger partial charge on any atom is 0.260 e. The summed E-state index contributed by atoms with van der Waals surface area (Å²) in [4.78, 5) is 36.5. The van der Waals surface area contributed by atoms with E-state index in [1.165, 1.54) is 69.7 Å². The standard InChI is InChI=1S/C32H56N4O5/c1-5-6-7-8-9-10-11-12-13-14-21-33-30(38)16-15-22-41-29-19-17-28(18-20-29)35-36(25-26(2)3)32(40)24-34-31(39)23-27(4)37/h17-20,26-27,35,37H,5-16,21-25H2,1-4H3,(H,33,38)(H,34,39). The smallest absolute Gasteiger partial charge is 0.260 e. The average molecular weight is 577 g/mol. The molecule has 0 aromatic heterocycles. The van der Waals surface area contributed by atoms with Crippen LogP contribution in [0.25, 0.3) is 0 Å². The van der Waals surface area contributed by atoms with E-state index < -0.39 is 6.10 Å². The van der Waals surface area contributed by atoms with Gasteiger partial charge in [-0.15, -0.1) is 0 Å². The van der Waals surface area contributed by atoms with Gasteiger partial charge in [0.25, 0.3) is 5.91 Å². The lowest BCUT2D eigenvalue weighted by atomic mass is 10.1. The maximum absolute atomic E-state index is 12.7. The molecule has 0 heterocycles. The first-order valence-corrected chi connectivity index (χ1v) is 15.7. The number of nitrogens with one attached hydrogen (secondary N) is 3. The van der Waals surface area contributed by atoms with Gasteiger partial charge in [-0.1, -0.05) is 78.6 Å². The molecule has 1 unspecified atom stereocenters. The Bertz CT molecular complexity index is 845. The van der Waals surface area contributed by atoms with E-state index in [-0.39, 0.29) is 36.6 Å². The number of rotatable bonds is 24. The Morgan fingerprint density at radius 2 is 1.44 bits per heavy atom. The average Bonchev–Trinajstić information content (AvgIpc) is 2.92. The fourth-order valence-corrected chi connectivity index (χ4v) is 4.32. The second-order valence-corrected chi connectivity index (χ2v) is 11.3. The third-order valence-electron chi connectivity index (χ3n) is 6.55. The van der Waals surface area contributed by atoms with Crippen LogP contribution in [0.3, 0.4) is 0 Å². The summed E-state index contributed by atoms with van der Waals surface area (Å²) in [6, 6.07) is 7.27. The number of carbonyl (C=O) groups is 3. The lowest BCUT2D eigenvalue weighted by molar-refractivity contribution is -0.132. The van der Waals surface area contributed by atoms with Crippen LogP contribution in [-0.4, -0.2) is 60.2 Å². The SMILES string of the molecule is CCCCCCCCCCCCNC(=O)CCCOc1ccc(NN(CC(C)C)C(=O)CNC(=O)CC(C)O)cc1. The highest BCUT2D eigenvalue weighted by atomic mass is 16.5. The molecule has 0 saturated carbocycles. The van der Waals surface area contributed by atoms with Crippen LogP contribution in [0.5, 0.6) is 5.75 Å². The van der Waals surface area contributed by atoms with Gasteiger partial charge >= 0.3 is 0 Å². The topological polar surface area (TPSA) is 120 Å². The number of hydrogen-bond donors (Lipinski definition) is 4.